The number of aromatic nitrogens is 3. The van der Waals surface area contributed by atoms with Crippen molar-refractivity contribution in [1.82, 2.24) is 20.3 Å². The minimum Gasteiger partial charge on any atom is -0.350 e. The molecule has 2 amide bonds. The maximum Gasteiger partial charge on any atom is 0.258 e. The summed E-state index contributed by atoms with van der Waals surface area (Å²) in [7, 11) is 0. The summed E-state index contributed by atoms with van der Waals surface area (Å²) in [6, 6.07) is 20.9. The molecule has 0 aliphatic rings. The molecule has 2 aromatic carbocycles. The molecule has 0 aliphatic carbocycles. The van der Waals surface area contributed by atoms with Crippen LogP contribution < -0.4 is 10.6 Å². The molecular formula is C28H23N5O2S. The highest BCUT2D eigenvalue weighted by Crippen LogP contribution is 2.28. The van der Waals surface area contributed by atoms with E-state index in [0.717, 1.165) is 33.3 Å². The van der Waals surface area contributed by atoms with E-state index in [1.165, 1.54) is 18.3 Å². The Balaban J connectivity index is 1.39. The average molecular weight is 494 g/mol. The molecule has 8 heteroatoms. The lowest BCUT2D eigenvalue weighted by molar-refractivity contribution is -0.119. The first-order valence-corrected chi connectivity index (χ1v) is 12.3. The predicted molar refractivity (Wildman–Crippen MR) is 143 cm³/mol. The summed E-state index contributed by atoms with van der Waals surface area (Å²) in [6.45, 7) is 3.44. The zero-order chi connectivity index (χ0) is 25.1. The van der Waals surface area contributed by atoms with Crippen molar-refractivity contribution in [2.45, 2.75) is 19.9 Å². The summed E-state index contributed by atoms with van der Waals surface area (Å²) >= 11 is 1.37. The van der Waals surface area contributed by atoms with Gasteiger partial charge < -0.3 is 5.32 Å². The van der Waals surface area contributed by atoms with Gasteiger partial charge in [-0.15, -0.1) is 11.3 Å². The molecule has 0 aliphatic heterocycles. The van der Waals surface area contributed by atoms with Crippen LogP contribution in [0.5, 0.6) is 0 Å². The van der Waals surface area contributed by atoms with Gasteiger partial charge in [-0.3, -0.25) is 19.9 Å². The summed E-state index contributed by atoms with van der Waals surface area (Å²) in [5.41, 5.74) is 5.57. The molecule has 1 unspecified atom stereocenters. The topological polar surface area (TPSA) is 96.9 Å². The third-order valence-electron chi connectivity index (χ3n) is 5.79. The Hall–Kier alpha value is -4.43. The number of pyridine rings is 2. The van der Waals surface area contributed by atoms with Gasteiger partial charge in [-0.2, -0.15) is 0 Å². The number of carbonyl (C=O) groups excluding carboxylic acids is 2. The molecule has 5 aromatic rings. The van der Waals surface area contributed by atoms with Gasteiger partial charge in [0.25, 0.3) is 5.91 Å². The van der Waals surface area contributed by atoms with Crippen molar-refractivity contribution >= 4 is 39.2 Å². The van der Waals surface area contributed by atoms with E-state index in [9.17, 15) is 9.59 Å². The maximum atomic E-state index is 13.3. The van der Waals surface area contributed by atoms with Gasteiger partial charge in [0.15, 0.2) is 5.13 Å². The number of nitrogens with zero attached hydrogens (tertiary/aromatic N) is 3. The lowest BCUT2D eigenvalue weighted by Crippen LogP contribution is -2.23. The van der Waals surface area contributed by atoms with E-state index in [0.29, 0.717) is 16.4 Å². The van der Waals surface area contributed by atoms with Crippen LogP contribution in [0.1, 0.15) is 35.8 Å². The lowest BCUT2D eigenvalue weighted by Gasteiger charge is -2.13. The molecule has 0 bridgehead atoms. The first-order chi connectivity index (χ1) is 17.5. The number of nitrogens with one attached hydrogen (secondary N) is 2. The summed E-state index contributed by atoms with van der Waals surface area (Å²) < 4.78 is 0. The highest BCUT2D eigenvalue weighted by atomic mass is 32.1. The fraction of sp³-hybridized carbons (Fsp3) is 0.107. The molecule has 0 fully saturated rings. The van der Waals surface area contributed by atoms with Gasteiger partial charge in [-0.25, -0.2) is 9.97 Å². The van der Waals surface area contributed by atoms with Crippen molar-refractivity contribution in [3.05, 3.63) is 95.6 Å². The Morgan fingerprint density at radius 2 is 1.61 bits per heavy atom. The second-order valence-electron chi connectivity index (χ2n) is 8.34. The molecule has 2 N–H and O–H groups in total. The quantitative estimate of drug-likeness (QED) is 0.308. The number of thiazole rings is 1. The number of hydrogen-bond acceptors (Lipinski definition) is 6. The van der Waals surface area contributed by atoms with Crippen LogP contribution in [0.15, 0.2) is 84.5 Å². The zero-order valence-electron chi connectivity index (χ0n) is 19.7. The Kier molecular flexibility index (Phi) is 6.51. The minimum atomic E-state index is -0.246. The van der Waals surface area contributed by atoms with Crippen LogP contribution in [0, 0.1) is 0 Å². The number of amides is 2. The van der Waals surface area contributed by atoms with Gasteiger partial charge in [0.1, 0.15) is 0 Å². The van der Waals surface area contributed by atoms with Crippen LogP contribution in [0.3, 0.4) is 0 Å². The van der Waals surface area contributed by atoms with Crippen LogP contribution >= 0.6 is 11.3 Å². The molecule has 178 valence electrons. The van der Waals surface area contributed by atoms with Gasteiger partial charge in [-0.05, 0) is 36.8 Å². The van der Waals surface area contributed by atoms with Gasteiger partial charge in [0.2, 0.25) is 5.91 Å². The number of carbonyl (C=O) groups is 2. The fourth-order valence-corrected chi connectivity index (χ4v) is 4.71. The molecule has 5 rings (SSSR count). The number of para-hydroxylation sites is 1. The second kappa shape index (κ2) is 10.1. The largest absolute Gasteiger partial charge is 0.350 e. The lowest BCUT2D eigenvalue weighted by atomic mass is 10.0. The molecule has 1 atom stereocenters. The monoisotopic (exact) mass is 493 g/mol. The number of anilines is 1. The molecule has 0 radical (unpaired) electrons. The Bertz CT molecular complexity index is 1550. The first kappa shape index (κ1) is 23.3. The first-order valence-electron chi connectivity index (χ1n) is 11.4. The average Bonchev–Trinajstić information content (AvgIpc) is 3.36. The van der Waals surface area contributed by atoms with E-state index in [4.69, 9.17) is 4.98 Å². The van der Waals surface area contributed by atoms with Crippen LogP contribution in [0.25, 0.3) is 33.4 Å². The van der Waals surface area contributed by atoms with Crippen LogP contribution in [-0.2, 0) is 4.79 Å². The van der Waals surface area contributed by atoms with Crippen molar-refractivity contribution in [3.63, 3.8) is 0 Å². The normalized spacial score (nSPS) is 11.7. The molecular weight excluding hydrogens is 470 g/mol. The van der Waals surface area contributed by atoms with Crippen LogP contribution in [0.4, 0.5) is 5.13 Å². The number of hydrogen-bond donors (Lipinski definition) is 2. The minimum absolute atomic E-state index is 0.0682. The van der Waals surface area contributed by atoms with Crippen molar-refractivity contribution < 1.29 is 9.59 Å². The Morgan fingerprint density at radius 1 is 0.889 bits per heavy atom. The second-order valence-corrected chi connectivity index (χ2v) is 9.20. The standard InChI is InChI=1S/C28H23N5O2S/c1-17(30-18(2)34)19-7-9-20(10-8-19)26-16-36-28(32-26)33-27(35)23-15-25(21-11-13-29-14-12-21)31-24-6-4-3-5-22(23)24/h3-17H,1-2H3,(H,30,34)(H,32,33,35). The number of benzene rings is 2. The highest BCUT2D eigenvalue weighted by molar-refractivity contribution is 7.14. The smallest absolute Gasteiger partial charge is 0.258 e. The molecule has 0 saturated carbocycles. The molecule has 0 saturated heterocycles. The SMILES string of the molecule is CC(=O)NC(C)c1ccc(-c2csc(NC(=O)c3cc(-c4ccncc4)nc4ccccc34)n2)cc1. The van der Waals surface area contributed by atoms with Gasteiger partial charge in [0.05, 0.1) is 28.5 Å². The van der Waals surface area contributed by atoms with E-state index >= 15 is 0 Å². The molecule has 0 spiro atoms. The van der Waals surface area contributed by atoms with Crippen molar-refractivity contribution in [1.29, 1.82) is 0 Å². The van der Waals surface area contributed by atoms with E-state index in [2.05, 4.69) is 20.6 Å². The third-order valence-corrected chi connectivity index (χ3v) is 6.55. The van der Waals surface area contributed by atoms with Gasteiger partial charge in [-0.1, -0.05) is 42.5 Å². The van der Waals surface area contributed by atoms with Gasteiger partial charge >= 0.3 is 0 Å². The van der Waals surface area contributed by atoms with E-state index in [-0.39, 0.29) is 17.9 Å². The Labute approximate surface area is 212 Å². The van der Waals surface area contributed by atoms with E-state index in [1.54, 1.807) is 18.5 Å². The van der Waals surface area contributed by atoms with Crippen LogP contribution in [0.2, 0.25) is 0 Å². The fourth-order valence-electron chi connectivity index (χ4n) is 3.99. The highest BCUT2D eigenvalue weighted by Gasteiger charge is 2.16. The molecule has 3 aromatic heterocycles. The summed E-state index contributed by atoms with van der Waals surface area (Å²) in [5, 5.41) is 9.02. The summed E-state index contributed by atoms with van der Waals surface area (Å²) in [6.07, 6.45) is 3.41. The van der Waals surface area contributed by atoms with Crippen LogP contribution in [-0.4, -0.2) is 26.8 Å². The van der Waals surface area contributed by atoms with E-state index in [1.807, 2.05) is 73.0 Å². The molecule has 7 nitrogen and oxygen atoms in total. The van der Waals surface area contributed by atoms with Gasteiger partial charge in [0, 0.05) is 41.2 Å². The zero-order valence-corrected chi connectivity index (χ0v) is 20.5. The van der Waals surface area contributed by atoms with E-state index < -0.39 is 0 Å². The predicted octanol–water partition coefficient (Wildman–Crippen LogP) is 5.87. The molecule has 36 heavy (non-hydrogen) atoms. The van der Waals surface area contributed by atoms with Crippen molar-refractivity contribution in [3.8, 4) is 22.5 Å². The number of rotatable bonds is 6. The summed E-state index contributed by atoms with van der Waals surface area (Å²) in [5.74, 6) is -0.314. The summed E-state index contributed by atoms with van der Waals surface area (Å²) in [4.78, 5) is 38.1. The number of fused-ring (bicyclic) bond motifs is 1. The third kappa shape index (κ3) is 4.99. The maximum absolute atomic E-state index is 13.3. The molecule has 3 heterocycles. The van der Waals surface area contributed by atoms with Crippen molar-refractivity contribution in [2.24, 2.45) is 0 Å². The van der Waals surface area contributed by atoms with Crippen molar-refractivity contribution in [2.75, 3.05) is 5.32 Å². The Morgan fingerprint density at radius 3 is 2.36 bits per heavy atom.